The van der Waals surface area contributed by atoms with Crippen molar-refractivity contribution in [2.24, 2.45) is 0 Å². The van der Waals surface area contributed by atoms with Crippen LogP contribution in [0.2, 0.25) is 5.02 Å². The standard InChI is InChI=1S/C21H12ClN5O2S/c22-14-5-6-17-16(10-14)13(11-23)9-19(24-17)30-21-26-25-20(18-4-2-8-29-18)27(21)12-15-3-1-7-28-15/h1-10H,12H2. The number of nitrogens with zero attached hydrogens (tertiary/aromatic N) is 5. The number of pyridine rings is 1. The lowest BCUT2D eigenvalue weighted by atomic mass is 10.1. The molecule has 0 unspecified atom stereocenters. The average Bonchev–Trinajstić information content (AvgIpc) is 3.51. The van der Waals surface area contributed by atoms with Gasteiger partial charge in [0.25, 0.3) is 0 Å². The van der Waals surface area contributed by atoms with Gasteiger partial charge in [-0.15, -0.1) is 10.2 Å². The Kier molecular flexibility index (Phi) is 4.75. The molecule has 0 fully saturated rings. The molecule has 4 heterocycles. The van der Waals surface area contributed by atoms with Gasteiger partial charge in [0.15, 0.2) is 10.9 Å². The molecule has 4 aromatic heterocycles. The fraction of sp³-hybridized carbons (Fsp3) is 0.0476. The Morgan fingerprint density at radius 1 is 1.07 bits per heavy atom. The third-order valence-corrected chi connectivity index (χ3v) is 5.55. The summed E-state index contributed by atoms with van der Waals surface area (Å²) in [5.41, 5.74) is 1.18. The number of hydrogen-bond donors (Lipinski definition) is 0. The van der Waals surface area contributed by atoms with Crippen LogP contribution in [0.15, 0.2) is 80.1 Å². The molecule has 5 aromatic rings. The van der Waals surface area contributed by atoms with Crippen molar-refractivity contribution in [3.05, 3.63) is 77.4 Å². The van der Waals surface area contributed by atoms with Gasteiger partial charge in [0, 0.05) is 10.4 Å². The summed E-state index contributed by atoms with van der Waals surface area (Å²) in [4.78, 5) is 4.66. The topological polar surface area (TPSA) is 93.7 Å². The Morgan fingerprint density at radius 3 is 2.70 bits per heavy atom. The van der Waals surface area contributed by atoms with Gasteiger partial charge in [-0.25, -0.2) is 4.98 Å². The monoisotopic (exact) mass is 433 g/mol. The summed E-state index contributed by atoms with van der Waals surface area (Å²) in [7, 11) is 0. The first kappa shape index (κ1) is 18.5. The number of halogens is 1. The molecule has 1 aromatic carbocycles. The minimum Gasteiger partial charge on any atom is -0.467 e. The van der Waals surface area contributed by atoms with Crippen LogP contribution in [-0.4, -0.2) is 19.7 Å². The number of benzene rings is 1. The molecule has 5 rings (SSSR count). The predicted molar refractivity (Wildman–Crippen MR) is 111 cm³/mol. The molecule has 0 saturated carbocycles. The number of nitriles is 1. The van der Waals surface area contributed by atoms with E-state index < -0.39 is 0 Å². The van der Waals surface area contributed by atoms with Gasteiger partial charge in [-0.2, -0.15) is 5.26 Å². The van der Waals surface area contributed by atoms with Crippen molar-refractivity contribution in [1.29, 1.82) is 5.26 Å². The van der Waals surface area contributed by atoms with Crippen molar-refractivity contribution in [2.45, 2.75) is 16.7 Å². The number of fused-ring (bicyclic) bond motifs is 1. The lowest BCUT2D eigenvalue weighted by Gasteiger charge is -2.08. The highest BCUT2D eigenvalue weighted by molar-refractivity contribution is 7.99. The van der Waals surface area contributed by atoms with Crippen LogP contribution < -0.4 is 0 Å². The highest BCUT2D eigenvalue weighted by Gasteiger charge is 2.19. The second-order valence-electron chi connectivity index (χ2n) is 6.33. The van der Waals surface area contributed by atoms with Gasteiger partial charge in [-0.3, -0.25) is 4.57 Å². The highest BCUT2D eigenvalue weighted by Crippen LogP contribution is 2.32. The Balaban J connectivity index is 1.58. The summed E-state index contributed by atoms with van der Waals surface area (Å²) in [6.45, 7) is 0.423. The molecule has 0 amide bonds. The quantitative estimate of drug-likeness (QED) is 0.366. The molecular formula is C21H12ClN5O2S. The van der Waals surface area contributed by atoms with Gasteiger partial charge in [0.2, 0.25) is 5.82 Å². The first-order valence-corrected chi connectivity index (χ1v) is 10.1. The molecule has 0 aliphatic rings. The van der Waals surface area contributed by atoms with Gasteiger partial charge >= 0.3 is 0 Å². The molecule has 9 heteroatoms. The molecular weight excluding hydrogens is 422 g/mol. The van der Waals surface area contributed by atoms with Gasteiger partial charge < -0.3 is 8.83 Å². The predicted octanol–water partition coefficient (Wildman–Crippen LogP) is 5.40. The lowest BCUT2D eigenvalue weighted by Crippen LogP contribution is -2.03. The fourth-order valence-electron chi connectivity index (χ4n) is 3.07. The molecule has 0 spiro atoms. The van der Waals surface area contributed by atoms with E-state index >= 15 is 0 Å². The Morgan fingerprint density at radius 2 is 1.93 bits per heavy atom. The number of hydrogen-bond acceptors (Lipinski definition) is 7. The molecule has 0 atom stereocenters. The van der Waals surface area contributed by atoms with Crippen LogP contribution in [-0.2, 0) is 6.54 Å². The zero-order valence-corrected chi connectivity index (χ0v) is 16.9. The Bertz CT molecular complexity index is 1370. The lowest BCUT2D eigenvalue weighted by molar-refractivity contribution is 0.482. The van der Waals surface area contributed by atoms with Crippen molar-refractivity contribution < 1.29 is 8.83 Å². The van der Waals surface area contributed by atoms with Crippen LogP contribution >= 0.6 is 23.4 Å². The van der Waals surface area contributed by atoms with Crippen molar-refractivity contribution in [2.75, 3.05) is 0 Å². The number of rotatable bonds is 5. The molecule has 146 valence electrons. The Hall–Kier alpha value is -3.54. The minimum atomic E-state index is 0.423. The van der Waals surface area contributed by atoms with Gasteiger partial charge in [-0.1, -0.05) is 11.6 Å². The fourth-order valence-corrected chi connectivity index (χ4v) is 4.09. The number of aromatic nitrogens is 4. The highest BCUT2D eigenvalue weighted by atomic mass is 35.5. The van der Waals surface area contributed by atoms with E-state index in [0.717, 1.165) is 5.76 Å². The summed E-state index contributed by atoms with van der Waals surface area (Å²) in [6, 6.07) is 16.6. The zero-order chi connectivity index (χ0) is 20.5. The molecule has 0 aliphatic carbocycles. The van der Waals surface area contributed by atoms with E-state index in [9.17, 15) is 5.26 Å². The molecule has 0 saturated heterocycles. The van der Waals surface area contributed by atoms with Crippen molar-refractivity contribution in [3.8, 4) is 17.7 Å². The smallest absolute Gasteiger partial charge is 0.200 e. The normalized spacial score (nSPS) is 11.1. The van der Waals surface area contributed by atoms with Crippen LogP contribution in [0.5, 0.6) is 0 Å². The summed E-state index contributed by atoms with van der Waals surface area (Å²) >= 11 is 7.39. The van der Waals surface area contributed by atoms with E-state index in [2.05, 4.69) is 21.3 Å². The SMILES string of the molecule is N#Cc1cc(Sc2nnc(-c3ccco3)n2Cc2ccco2)nc2ccc(Cl)cc12. The van der Waals surface area contributed by atoms with E-state index in [1.165, 1.54) is 11.8 Å². The first-order chi connectivity index (χ1) is 14.7. The summed E-state index contributed by atoms with van der Waals surface area (Å²) < 4.78 is 12.9. The third kappa shape index (κ3) is 3.45. The Labute approximate surface area is 179 Å². The van der Waals surface area contributed by atoms with E-state index in [0.29, 0.717) is 49.8 Å². The summed E-state index contributed by atoms with van der Waals surface area (Å²) in [5.74, 6) is 1.93. The zero-order valence-electron chi connectivity index (χ0n) is 15.3. The van der Waals surface area contributed by atoms with E-state index in [1.807, 2.05) is 22.8 Å². The van der Waals surface area contributed by atoms with Gasteiger partial charge in [0.1, 0.15) is 10.8 Å². The average molecular weight is 434 g/mol. The van der Waals surface area contributed by atoms with Crippen molar-refractivity contribution in [3.63, 3.8) is 0 Å². The van der Waals surface area contributed by atoms with Gasteiger partial charge in [0.05, 0.1) is 36.2 Å². The van der Waals surface area contributed by atoms with Gasteiger partial charge in [-0.05, 0) is 60.3 Å². The second kappa shape index (κ2) is 7.71. The summed E-state index contributed by atoms with van der Waals surface area (Å²) in [5, 5.41) is 20.7. The first-order valence-electron chi connectivity index (χ1n) is 8.89. The number of furan rings is 2. The summed E-state index contributed by atoms with van der Waals surface area (Å²) in [6.07, 6.45) is 3.21. The van der Waals surface area contributed by atoms with Crippen LogP contribution in [0.4, 0.5) is 0 Å². The molecule has 0 aliphatic heterocycles. The second-order valence-corrected chi connectivity index (χ2v) is 7.76. The van der Waals surface area contributed by atoms with E-state index in [-0.39, 0.29) is 0 Å². The largest absolute Gasteiger partial charge is 0.467 e. The van der Waals surface area contributed by atoms with Crippen LogP contribution in [0.25, 0.3) is 22.5 Å². The van der Waals surface area contributed by atoms with Crippen molar-refractivity contribution >= 4 is 34.3 Å². The maximum absolute atomic E-state index is 9.58. The van der Waals surface area contributed by atoms with Crippen LogP contribution in [0, 0.1) is 11.3 Å². The van der Waals surface area contributed by atoms with E-state index in [1.54, 1.807) is 42.9 Å². The maximum atomic E-state index is 9.58. The maximum Gasteiger partial charge on any atom is 0.200 e. The van der Waals surface area contributed by atoms with E-state index in [4.69, 9.17) is 20.4 Å². The minimum absolute atomic E-state index is 0.423. The molecule has 0 bridgehead atoms. The van der Waals surface area contributed by atoms with Crippen molar-refractivity contribution in [1.82, 2.24) is 19.7 Å². The van der Waals surface area contributed by atoms with Crippen LogP contribution in [0.1, 0.15) is 11.3 Å². The third-order valence-electron chi connectivity index (χ3n) is 4.42. The molecule has 0 N–H and O–H groups in total. The van der Waals surface area contributed by atoms with Crippen LogP contribution in [0.3, 0.4) is 0 Å². The molecule has 7 nitrogen and oxygen atoms in total. The molecule has 0 radical (unpaired) electrons. The molecule has 30 heavy (non-hydrogen) atoms.